The molecule has 94 valence electrons. The molecule has 4 heteroatoms. The maximum Gasteiger partial charge on any atom is 0.254 e. The fourth-order valence-electron chi connectivity index (χ4n) is 1.85. The van der Waals surface area contributed by atoms with Crippen molar-refractivity contribution in [3.05, 3.63) is 51.8 Å². The molecular formula is C14H15FN2O. The molecule has 0 unspecified atom stereocenters. The van der Waals surface area contributed by atoms with Crippen LogP contribution in [0.5, 0.6) is 0 Å². The molecule has 0 radical (unpaired) electrons. The highest BCUT2D eigenvalue weighted by Crippen LogP contribution is 2.19. The Morgan fingerprint density at radius 1 is 1.39 bits per heavy atom. The molecule has 2 aromatic rings. The molecule has 0 aliphatic carbocycles. The summed E-state index contributed by atoms with van der Waals surface area (Å²) in [6.45, 7) is 3.71. The van der Waals surface area contributed by atoms with Gasteiger partial charge >= 0.3 is 0 Å². The quantitative estimate of drug-likeness (QED) is 0.905. The van der Waals surface area contributed by atoms with Crippen LogP contribution in [0.3, 0.4) is 0 Å². The van der Waals surface area contributed by atoms with Crippen molar-refractivity contribution in [3.63, 3.8) is 0 Å². The number of nitrogens with zero attached hydrogens (tertiary/aromatic N) is 1. The molecule has 0 aliphatic heterocycles. The second-order valence-electron chi connectivity index (χ2n) is 4.25. The molecule has 0 fully saturated rings. The van der Waals surface area contributed by atoms with Gasteiger partial charge in [-0.3, -0.25) is 4.79 Å². The van der Waals surface area contributed by atoms with E-state index in [0.29, 0.717) is 29.1 Å². The number of aromatic nitrogens is 2. The SMILES string of the molecule is CCCc1nc(-c2cccc(F)c2)c(C)c(=O)[nH]1. The number of rotatable bonds is 3. The Morgan fingerprint density at radius 2 is 2.17 bits per heavy atom. The van der Waals surface area contributed by atoms with Crippen molar-refractivity contribution in [2.45, 2.75) is 26.7 Å². The van der Waals surface area contributed by atoms with E-state index in [1.807, 2.05) is 6.92 Å². The van der Waals surface area contributed by atoms with Gasteiger partial charge in [0.25, 0.3) is 5.56 Å². The highest BCUT2D eigenvalue weighted by molar-refractivity contribution is 5.62. The van der Waals surface area contributed by atoms with Gasteiger partial charge in [-0.1, -0.05) is 19.1 Å². The van der Waals surface area contributed by atoms with Gasteiger partial charge in [-0.15, -0.1) is 0 Å². The average Bonchev–Trinajstić information content (AvgIpc) is 2.34. The molecule has 18 heavy (non-hydrogen) atoms. The van der Waals surface area contributed by atoms with Crippen LogP contribution in [0.15, 0.2) is 29.1 Å². The fraction of sp³-hybridized carbons (Fsp3) is 0.286. The van der Waals surface area contributed by atoms with Crippen LogP contribution < -0.4 is 5.56 Å². The molecule has 0 saturated heterocycles. The third kappa shape index (κ3) is 2.47. The van der Waals surface area contributed by atoms with Gasteiger partial charge in [-0.25, -0.2) is 9.37 Å². The van der Waals surface area contributed by atoms with E-state index in [1.54, 1.807) is 19.1 Å². The van der Waals surface area contributed by atoms with Crippen molar-refractivity contribution in [1.29, 1.82) is 0 Å². The van der Waals surface area contributed by atoms with Gasteiger partial charge in [0.2, 0.25) is 0 Å². The van der Waals surface area contributed by atoms with E-state index in [0.717, 1.165) is 6.42 Å². The number of halogens is 1. The molecule has 0 aliphatic rings. The Morgan fingerprint density at radius 3 is 2.83 bits per heavy atom. The zero-order valence-electron chi connectivity index (χ0n) is 10.5. The first kappa shape index (κ1) is 12.5. The minimum Gasteiger partial charge on any atom is -0.310 e. The van der Waals surface area contributed by atoms with Crippen molar-refractivity contribution in [3.8, 4) is 11.3 Å². The number of H-pyrrole nitrogens is 1. The van der Waals surface area contributed by atoms with E-state index in [2.05, 4.69) is 9.97 Å². The van der Waals surface area contributed by atoms with Crippen LogP contribution in [-0.4, -0.2) is 9.97 Å². The lowest BCUT2D eigenvalue weighted by atomic mass is 10.1. The van der Waals surface area contributed by atoms with Crippen LogP contribution in [0, 0.1) is 12.7 Å². The van der Waals surface area contributed by atoms with Crippen LogP contribution in [0.25, 0.3) is 11.3 Å². The van der Waals surface area contributed by atoms with Crippen LogP contribution in [0.4, 0.5) is 4.39 Å². The Hall–Kier alpha value is -1.97. The zero-order valence-corrected chi connectivity index (χ0v) is 10.5. The minimum absolute atomic E-state index is 0.160. The van der Waals surface area contributed by atoms with Crippen LogP contribution in [0.1, 0.15) is 24.7 Å². The first-order valence-corrected chi connectivity index (χ1v) is 5.97. The van der Waals surface area contributed by atoms with Gasteiger partial charge in [0, 0.05) is 17.5 Å². The summed E-state index contributed by atoms with van der Waals surface area (Å²) in [6.07, 6.45) is 1.60. The average molecular weight is 246 g/mol. The predicted molar refractivity (Wildman–Crippen MR) is 69.0 cm³/mol. The largest absolute Gasteiger partial charge is 0.310 e. The first-order valence-electron chi connectivity index (χ1n) is 5.97. The topological polar surface area (TPSA) is 45.8 Å². The summed E-state index contributed by atoms with van der Waals surface area (Å²) < 4.78 is 13.2. The summed E-state index contributed by atoms with van der Waals surface area (Å²) in [7, 11) is 0. The summed E-state index contributed by atoms with van der Waals surface area (Å²) in [5, 5.41) is 0. The normalized spacial score (nSPS) is 10.6. The highest BCUT2D eigenvalue weighted by Gasteiger charge is 2.09. The number of aromatic amines is 1. The molecule has 1 aromatic carbocycles. The smallest absolute Gasteiger partial charge is 0.254 e. The Labute approximate surface area is 105 Å². The monoisotopic (exact) mass is 246 g/mol. The third-order valence-electron chi connectivity index (χ3n) is 2.79. The van der Waals surface area contributed by atoms with E-state index in [1.165, 1.54) is 12.1 Å². The van der Waals surface area contributed by atoms with Gasteiger partial charge in [0.05, 0.1) is 5.69 Å². The maximum atomic E-state index is 13.2. The number of aryl methyl sites for hydroxylation is 1. The molecule has 3 nitrogen and oxygen atoms in total. The third-order valence-corrected chi connectivity index (χ3v) is 2.79. The van der Waals surface area contributed by atoms with Crippen molar-refractivity contribution in [2.75, 3.05) is 0 Å². The second-order valence-corrected chi connectivity index (χ2v) is 4.25. The van der Waals surface area contributed by atoms with Gasteiger partial charge in [0.15, 0.2) is 0 Å². The summed E-state index contributed by atoms with van der Waals surface area (Å²) in [6, 6.07) is 6.14. The van der Waals surface area contributed by atoms with Crippen molar-refractivity contribution in [1.82, 2.24) is 9.97 Å². The van der Waals surface area contributed by atoms with Gasteiger partial charge in [0.1, 0.15) is 11.6 Å². The Kier molecular flexibility index (Phi) is 3.55. The Bertz CT molecular complexity index is 619. The van der Waals surface area contributed by atoms with Crippen LogP contribution in [0.2, 0.25) is 0 Å². The summed E-state index contributed by atoms with van der Waals surface area (Å²) in [4.78, 5) is 19.0. The van der Waals surface area contributed by atoms with E-state index in [9.17, 15) is 9.18 Å². The molecule has 2 rings (SSSR count). The lowest BCUT2D eigenvalue weighted by Gasteiger charge is -2.07. The highest BCUT2D eigenvalue weighted by atomic mass is 19.1. The number of hydrogen-bond acceptors (Lipinski definition) is 2. The minimum atomic E-state index is -0.328. The second kappa shape index (κ2) is 5.12. The summed E-state index contributed by atoms with van der Waals surface area (Å²) >= 11 is 0. The predicted octanol–water partition coefficient (Wildman–Crippen LogP) is 2.84. The Balaban J connectivity index is 2.59. The van der Waals surface area contributed by atoms with E-state index < -0.39 is 0 Å². The van der Waals surface area contributed by atoms with Crippen LogP contribution >= 0.6 is 0 Å². The van der Waals surface area contributed by atoms with Crippen molar-refractivity contribution in [2.24, 2.45) is 0 Å². The number of hydrogen-bond donors (Lipinski definition) is 1. The molecule has 1 aromatic heterocycles. The van der Waals surface area contributed by atoms with Crippen LogP contribution in [-0.2, 0) is 6.42 Å². The molecule has 0 spiro atoms. The molecule has 0 saturated carbocycles. The number of benzene rings is 1. The lowest BCUT2D eigenvalue weighted by Crippen LogP contribution is -2.16. The maximum absolute atomic E-state index is 13.2. The first-order chi connectivity index (χ1) is 8.61. The fourth-order valence-corrected chi connectivity index (χ4v) is 1.85. The van der Waals surface area contributed by atoms with E-state index in [-0.39, 0.29) is 11.4 Å². The molecular weight excluding hydrogens is 231 g/mol. The molecule has 0 atom stereocenters. The van der Waals surface area contributed by atoms with Gasteiger partial charge in [-0.2, -0.15) is 0 Å². The molecule has 1 heterocycles. The van der Waals surface area contributed by atoms with Gasteiger partial charge < -0.3 is 4.98 Å². The summed E-state index contributed by atoms with van der Waals surface area (Å²) in [5.74, 6) is 0.318. The molecule has 0 amide bonds. The lowest BCUT2D eigenvalue weighted by molar-refractivity contribution is 0.628. The van der Waals surface area contributed by atoms with Gasteiger partial charge in [-0.05, 0) is 25.5 Å². The van der Waals surface area contributed by atoms with E-state index >= 15 is 0 Å². The van der Waals surface area contributed by atoms with E-state index in [4.69, 9.17) is 0 Å². The standard InChI is InChI=1S/C14H15FN2O/c1-3-5-12-16-13(9(2)14(18)17-12)10-6-4-7-11(15)8-10/h4,6-8H,3,5H2,1-2H3,(H,16,17,18). The van der Waals surface area contributed by atoms with Crippen molar-refractivity contribution < 1.29 is 4.39 Å². The molecule has 0 bridgehead atoms. The zero-order chi connectivity index (χ0) is 13.1. The van der Waals surface area contributed by atoms with Crippen molar-refractivity contribution >= 4 is 0 Å². The number of nitrogens with one attached hydrogen (secondary N) is 1. The molecule has 1 N–H and O–H groups in total. The summed E-state index contributed by atoms with van der Waals surface area (Å²) in [5.41, 5.74) is 1.55.